The highest BCUT2D eigenvalue weighted by atomic mass is 16.2. The van der Waals surface area contributed by atoms with Crippen molar-refractivity contribution in [2.45, 2.75) is 213 Å². The number of rotatable bonds is 27. The molecule has 0 aromatic rings. The lowest BCUT2D eigenvalue weighted by atomic mass is 9.88. The fourth-order valence-electron chi connectivity index (χ4n) is 6.40. The summed E-state index contributed by atoms with van der Waals surface area (Å²) < 4.78 is 0. The van der Waals surface area contributed by atoms with Gasteiger partial charge in [0.2, 0.25) is 11.8 Å². The number of nitrogens with one attached hydrogen (secondary N) is 2. The zero-order valence-electron chi connectivity index (χ0n) is 27.3. The fraction of sp³-hybridized carbons (Fsp3) is 0.944. The molecule has 4 heteroatoms. The predicted molar refractivity (Wildman–Crippen MR) is 174 cm³/mol. The van der Waals surface area contributed by atoms with E-state index in [0.29, 0.717) is 6.42 Å². The molecule has 3 unspecified atom stereocenters. The van der Waals surface area contributed by atoms with E-state index in [1.807, 2.05) is 0 Å². The smallest absolute Gasteiger partial charge is 0.223 e. The standard InChI is InChI=1S/C36H70N2O2/c1-4-7-10-13-15-16-18-21-24-31-35(39)37-33-29-25-26-30-34(33)38-36(40)32(27-22-19-12-9-6-3)28-23-20-17-14-11-8-5-2/h32-34H,4-31H2,1-3H3,(H,37,39)(H,38,40). The summed E-state index contributed by atoms with van der Waals surface area (Å²) in [5.41, 5.74) is 0. The number of carbonyl (C=O) groups is 2. The van der Waals surface area contributed by atoms with Crippen LogP contribution in [-0.4, -0.2) is 23.9 Å². The number of carbonyl (C=O) groups excluding carboxylic acids is 2. The van der Waals surface area contributed by atoms with E-state index < -0.39 is 0 Å². The lowest BCUT2D eigenvalue weighted by Crippen LogP contribution is -2.54. The van der Waals surface area contributed by atoms with Gasteiger partial charge in [-0.05, 0) is 32.1 Å². The van der Waals surface area contributed by atoms with Crippen molar-refractivity contribution in [3.63, 3.8) is 0 Å². The second-order valence-electron chi connectivity index (χ2n) is 13.0. The molecule has 1 aliphatic rings. The summed E-state index contributed by atoms with van der Waals surface area (Å²) in [6.07, 6.45) is 33.7. The molecule has 1 fully saturated rings. The van der Waals surface area contributed by atoms with Gasteiger partial charge in [0, 0.05) is 24.4 Å². The van der Waals surface area contributed by atoms with Gasteiger partial charge in [-0.15, -0.1) is 0 Å². The Bertz CT molecular complexity index is 593. The topological polar surface area (TPSA) is 58.2 Å². The van der Waals surface area contributed by atoms with Gasteiger partial charge in [-0.1, -0.05) is 162 Å². The van der Waals surface area contributed by atoms with Crippen molar-refractivity contribution in [3.05, 3.63) is 0 Å². The maximum Gasteiger partial charge on any atom is 0.223 e. The van der Waals surface area contributed by atoms with E-state index in [1.54, 1.807) is 0 Å². The molecule has 0 radical (unpaired) electrons. The molecule has 2 N–H and O–H groups in total. The monoisotopic (exact) mass is 563 g/mol. The molecule has 0 heterocycles. The molecule has 40 heavy (non-hydrogen) atoms. The Morgan fingerprint density at radius 2 is 0.900 bits per heavy atom. The third-order valence-corrected chi connectivity index (χ3v) is 9.13. The number of hydrogen-bond acceptors (Lipinski definition) is 2. The molecule has 0 aromatic heterocycles. The van der Waals surface area contributed by atoms with Crippen molar-refractivity contribution < 1.29 is 9.59 Å². The van der Waals surface area contributed by atoms with Crippen LogP contribution in [0.2, 0.25) is 0 Å². The summed E-state index contributed by atoms with van der Waals surface area (Å²) in [7, 11) is 0. The quantitative estimate of drug-likeness (QED) is 0.0978. The van der Waals surface area contributed by atoms with Crippen molar-refractivity contribution in [2.75, 3.05) is 0 Å². The summed E-state index contributed by atoms with van der Waals surface area (Å²) in [4.78, 5) is 26.3. The van der Waals surface area contributed by atoms with E-state index in [1.165, 1.54) is 116 Å². The van der Waals surface area contributed by atoms with E-state index >= 15 is 0 Å². The first-order valence-electron chi connectivity index (χ1n) is 18.2. The molecule has 0 bridgehead atoms. The Morgan fingerprint density at radius 3 is 1.35 bits per heavy atom. The first-order chi connectivity index (χ1) is 19.6. The average Bonchev–Trinajstić information content (AvgIpc) is 2.95. The Labute approximate surface area is 250 Å². The van der Waals surface area contributed by atoms with Crippen LogP contribution in [0.25, 0.3) is 0 Å². The van der Waals surface area contributed by atoms with Crippen molar-refractivity contribution in [3.8, 4) is 0 Å². The molecule has 0 spiro atoms. The van der Waals surface area contributed by atoms with Gasteiger partial charge in [-0.2, -0.15) is 0 Å². The molecular weight excluding hydrogens is 492 g/mol. The Hall–Kier alpha value is -1.06. The summed E-state index contributed by atoms with van der Waals surface area (Å²) >= 11 is 0. The molecule has 0 aliphatic heterocycles. The zero-order chi connectivity index (χ0) is 29.1. The van der Waals surface area contributed by atoms with Crippen molar-refractivity contribution >= 4 is 11.8 Å². The van der Waals surface area contributed by atoms with Gasteiger partial charge < -0.3 is 10.6 Å². The summed E-state index contributed by atoms with van der Waals surface area (Å²) in [6, 6.07) is 0.206. The molecule has 1 aliphatic carbocycles. The second kappa shape index (κ2) is 26.8. The van der Waals surface area contributed by atoms with Gasteiger partial charge in [0.25, 0.3) is 0 Å². The average molecular weight is 563 g/mol. The summed E-state index contributed by atoms with van der Waals surface area (Å²) in [6.45, 7) is 6.79. The van der Waals surface area contributed by atoms with Crippen LogP contribution in [0.5, 0.6) is 0 Å². The van der Waals surface area contributed by atoms with Gasteiger partial charge >= 0.3 is 0 Å². The van der Waals surface area contributed by atoms with Crippen LogP contribution >= 0.6 is 0 Å². The number of amides is 2. The lowest BCUT2D eigenvalue weighted by molar-refractivity contribution is -0.128. The van der Waals surface area contributed by atoms with E-state index in [2.05, 4.69) is 31.4 Å². The normalized spacial score (nSPS) is 18.0. The van der Waals surface area contributed by atoms with E-state index in [0.717, 1.165) is 57.8 Å². The van der Waals surface area contributed by atoms with Gasteiger partial charge in [0.15, 0.2) is 0 Å². The van der Waals surface area contributed by atoms with E-state index in [-0.39, 0.29) is 29.8 Å². The lowest BCUT2D eigenvalue weighted by Gasteiger charge is -2.34. The minimum atomic E-state index is 0.102. The zero-order valence-corrected chi connectivity index (χ0v) is 27.3. The highest BCUT2D eigenvalue weighted by Gasteiger charge is 2.29. The van der Waals surface area contributed by atoms with Crippen molar-refractivity contribution in [1.82, 2.24) is 10.6 Å². The van der Waals surface area contributed by atoms with Crippen LogP contribution in [0.1, 0.15) is 201 Å². The second-order valence-corrected chi connectivity index (χ2v) is 13.0. The maximum atomic E-state index is 13.5. The van der Waals surface area contributed by atoms with Crippen LogP contribution in [0.15, 0.2) is 0 Å². The van der Waals surface area contributed by atoms with Gasteiger partial charge in [0.1, 0.15) is 0 Å². The van der Waals surface area contributed by atoms with Crippen LogP contribution in [0.4, 0.5) is 0 Å². The molecule has 2 amide bonds. The molecule has 3 atom stereocenters. The van der Waals surface area contributed by atoms with Crippen molar-refractivity contribution in [1.29, 1.82) is 0 Å². The van der Waals surface area contributed by atoms with Crippen LogP contribution < -0.4 is 10.6 Å². The third kappa shape index (κ3) is 19.9. The van der Waals surface area contributed by atoms with E-state index in [9.17, 15) is 9.59 Å². The van der Waals surface area contributed by atoms with Crippen molar-refractivity contribution in [2.24, 2.45) is 5.92 Å². The Kier molecular flexibility index (Phi) is 24.8. The van der Waals surface area contributed by atoms with Gasteiger partial charge in [-0.3, -0.25) is 9.59 Å². The highest BCUT2D eigenvalue weighted by Crippen LogP contribution is 2.23. The number of hydrogen-bond donors (Lipinski definition) is 2. The Morgan fingerprint density at radius 1 is 0.525 bits per heavy atom. The van der Waals surface area contributed by atoms with Gasteiger partial charge in [-0.25, -0.2) is 0 Å². The molecule has 1 rings (SSSR count). The minimum Gasteiger partial charge on any atom is -0.351 e. The Balaban J connectivity index is 2.43. The molecule has 0 saturated heterocycles. The van der Waals surface area contributed by atoms with Gasteiger partial charge in [0.05, 0.1) is 0 Å². The minimum absolute atomic E-state index is 0.102. The first-order valence-corrected chi connectivity index (χ1v) is 18.2. The number of unbranched alkanes of at least 4 members (excludes halogenated alkanes) is 18. The van der Waals surface area contributed by atoms with Crippen LogP contribution in [-0.2, 0) is 9.59 Å². The van der Waals surface area contributed by atoms with Crippen LogP contribution in [0.3, 0.4) is 0 Å². The van der Waals surface area contributed by atoms with E-state index in [4.69, 9.17) is 0 Å². The maximum absolute atomic E-state index is 13.5. The SMILES string of the molecule is CCCCCCCCCCCC(=O)NC1CCCCC1NC(=O)C(CCCCCCC)CCCCCCCCC. The molecule has 0 aromatic carbocycles. The summed E-state index contributed by atoms with van der Waals surface area (Å²) in [5.74, 6) is 0.578. The van der Waals surface area contributed by atoms with Crippen LogP contribution in [0, 0.1) is 5.92 Å². The fourth-order valence-corrected chi connectivity index (χ4v) is 6.40. The molecule has 1 saturated carbocycles. The molecular formula is C36H70N2O2. The first kappa shape index (κ1) is 37.0. The molecule has 4 nitrogen and oxygen atoms in total. The molecule has 236 valence electrons. The predicted octanol–water partition coefficient (Wildman–Crippen LogP) is 10.6. The highest BCUT2D eigenvalue weighted by molar-refractivity contribution is 5.79. The third-order valence-electron chi connectivity index (χ3n) is 9.13. The summed E-state index contributed by atoms with van der Waals surface area (Å²) in [5, 5.41) is 6.77. The largest absolute Gasteiger partial charge is 0.351 e.